The van der Waals surface area contributed by atoms with Gasteiger partial charge in [-0.3, -0.25) is 4.79 Å². The number of amides is 1. The smallest absolute Gasteiger partial charge is 0.381 e. The zero-order valence-electron chi connectivity index (χ0n) is 17.2. The second-order valence-electron chi connectivity index (χ2n) is 8.62. The Morgan fingerprint density at radius 3 is 2.43 bits per heavy atom. The molecule has 1 N–H and O–H groups in total. The number of anilines is 1. The lowest BCUT2D eigenvalue weighted by Gasteiger charge is -2.37. The van der Waals surface area contributed by atoms with Gasteiger partial charge in [0.1, 0.15) is 0 Å². The summed E-state index contributed by atoms with van der Waals surface area (Å²) >= 11 is 0. The van der Waals surface area contributed by atoms with Crippen molar-refractivity contribution in [3.63, 3.8) is 0 Å². The molecule has 5 nitrogen and oxygen atoms in total. The molecule has 2 aliphatic heterocycles. The molecule has 1 saturated carbocycles. The highest BCUT2D eigenvalue weighted by Gasteiger charge is 2.35. The molecule has 1 unspecified atom stereocenters. The van der Waals surface area contributed by atoms with Crippen molar-refractivity contribution in [2.24, 2.45) is 5.92 Å². The van der Waals surface area contributed by atoms with Crippen molar-refractivity contribution in [2.45, 2.75) is 50.4 Å². The number of alkyl halides is 3. The standard InChI is InChI=1S/C22H30F3N3O2/c23-22(24,25)17-2-1-3-20(15-17)27-8-10-28(11-9-27)21(29)16-4-5-19(14-16)26-18-6-12-30-13-7-18/h1-3,15-16,18-19,26H,4-14H2/t16-,19?/m0/s1. The van der Waals surface area contributed by atoms with Gasteiger partial charge in [-0.2, -0.15) is 13.2 Å². The Morgan fingerprint density at radius 1 is 1.00 bits per heavy atom. The van der Waals surface area contributed by atoms with Crippen molar-refractivity contribution < 1.29 is 22.7 Å². The summed E-state index contributed by atoms with van der Waals surface area (Å²) in [6.07, 6.45) is 0.542. The van der Waals surface area contributed by atoms with E-state index in [4.69, 9.17) is 4.74 Å². The average molecular weight is 425 g/mol. The van der Waals surface area contributed by atoms with E-state index in [-0.39, 0.29) is 11.8 Å². The molecule has 1 aromatic rings. The zero-order valence-corrected chi connectivity index (χ0v) is 17.2. The molecule has 0 spiro atoms. The minimum absolute atomic E-state index is 0.0578. The first kappa shape index (κ1) is 21.4. The highest BCUT2D eigenvalue weighted by Crippen LogP contribution is 2.32. The van der Waals surface area contributed by atoms with E-state index in [2.05, 4.69) is 5.32 Å². The van der Waals surface area contributed by atoms with Crippen molar-refractivity contribution in [3.8, 4) is 0 Å². The fraction of sp³-hybridized carbons (Fsp3) is 0.682. The van der Waals surface area contributed by atoms with Crippen molar-refractivity contribution >= 4 is 11.6 Å². The third-order valence-electron chi connectivity index (χ3n) is 6.60. The van der Waals surface area contributed by atoms with Crippen molar-refractivity contribution in [1.29, 1.82) is 0 Å². The van der Waals surface area contributed by atoms with Gasteiger partial charge >= 0.3 is 6.18 Å². The molecule has 2 heterocycles. The monoisotopic (exact) mass is 425 g/mol. The second kappa shape index (κ2) is 9.14. The van der Waals surface area contributed by atoms with Gasteiger partial charge in [-0.15, -0.1) is 0 Å². The number of carbonyl (C=O) groups excluding carboxylic acids is 1. The van der Waals surface area contributed by atoms with E-state index in [0.717, 1.165) is 51.4 Å². The van der Waals surface area contributed by atoms with Crippen molar-refractivity contribution in [2.75, 3.05) is 44.3 Å². The Balaban J connectivity index is 1.26. The lowest BCUT2D eigenvalue weighted by atomic mass is 10.0. The molecule has 0 bridgehead atoms. The third kappa shape index (κ3) is 5.09. The van der Waals surface area contributed by atoms with Crippen LogP contribution in [0.3, 0.4) is 0 Å². The Labute approximate surface area is 175 Å². The first-order valence-electron chi connectivity index (χ1n) is 10.9. The maximum atomic E-state index is 13.0. The van der Waals surface area contributed by atoms with E-state index in [1.807, 2.05) is 9.80 Å². The van der Waals surface area contributed by atoms with Crippen molar-refractivity contribution in [1.82, 2.24) is 10.2 Å². The maximum Gasteiger partial charge on any atom is 0.416 e. The van der Waals surface area contributed by atoms with E-state index in [9.17, 15) is 18.0 Å². The molecule has 3 aliphatic rings. The van der Waals surface area contributed by atoms with Crippen LogP contribution in [-0.4, -0.2) is 62.3 Å². The van der Waals surface area contributed by atoms with E-state index < -0.39 is 11.7 Å². The number of hydrogen-bond acceptors (Lipinski definition) is 4. The van der Waals surface area contributed by atoms with Crippen LogP contribution in [0.5, 0.6) is 0 Å². The molecular weight excluding hydrogens is 395 g/mol. The number of nitrogens with zero attached hydrogens (tertiary/aromatic N) is 2. The first-order valence-corrected chi connectivity index (χ1v) is 10.9. The van der Waals surface area contributed by atoms with Gasteiger partial charge in [-0.1, -0.05) is 6.07 Å². The van der Waals surface area contributed by atoms with Crippen LogP contribution in [0.25, 0.3) is 0 Å². The van der Waals surface area contributed by atoms with Crippen LogP contribution in [-0.2, 0) is 15.7 Å². The largest absolute Gasteiger partial charge is 0.416 e. The molecule has 1 aromatic carbocycles. The molecule has 166 valence electrons. The van der Waals surface area contributed by atoms with Gasteiger partial charge in [0.25, 0.3) is 0 Å². The first-order chi connectivity index (χ1) is 14.4. The SMILES string of the molecule is O=C([C@H]1CCC(NC2CCOCC2)C1)N1CCN(c2cccc(C(F)(F)F)c2)CC1. The van der Waals surface area contributed by atoms with Crippen LogP contribution in [0.15, 0.2) is 24.3 Å². The van der Waals surface area contributed by atoms with E-state index in [1.165, 1.54) is 12.1 Å². The van der Waals surface area contributed by atoms with E-state index >= 15 is 0 Å². The zero-order chi connectivity index (χ0) is 21.1. The molecule has 1 amide bonds. The van der Waals surface area contributed by atoms with Gasteiger partial charge < -0.3 is 19.9 Å². The van der Waals surface area contributed by atoms with Crippen LogP contribution >= 0.6 is 0 Å². The van der Waals surface area contributed by atoms with Gasteiger partial charge in [0, 0.05) is 63.1 Å². The molecule has 2 atom stereocenters. The Hall–Kier alpha value is -1.80. The number of halogens is 3. The number of rotatable bonds is 4. The van der Waals surface area contributed by atoms with E-state index in [1.54, 1.807) is 6.07 Å². The van der Waals surface area contributed by atoms with Crippen LogP contribution in [0.1, 0.15) is 37.7 Å². The Kier molecular flexibility index (Phi) is 6.53. The predicted molar refractivity (Wildman–Crippen MR) is 108 cm³/mol. The van der Waals surface area contributed by atoms with Crippen LogP contribution in [0, 0.1) is 5.92 Å². The Bertz CT molecular complexity index is 729. The van der Waals surface area contributed by atoms with Gasteiger partial charge in [0.05, 0.1) is 5.56 Å². The lowest BCUT2D eigenvalue weighted by molar-refractivity contribution is -0.137. The minimum Gasteiger partial charge on any atom is -0.381 e. The molecule has 30 heavy (non-hydrogen) atoms. The number of nitrogens with one attached hydrogen (secondary N) is 1. The molecule has 3 fully saturated rings. The summed E-state index contributed by atoms with van der Waals surface area (Å²) in [5, 5.41) is 3.70. The van der Waals surface area contributed by atoms with Gasteiger partial charge in [0.2, 0.25) is 5.91 Å². The number of carbonyl (C=O) groups is 1. The summed E-state index contributed by atoms with van der Waals surface area (Å²) in [5.41, 5.74) is -0.0638. The summed E-state index contributed by atoms with van der Waals surface area (Å²) in [5.74, 6) is 0.261. The van der Waals surface area contributed by atoms with Gasteiger partial charge in [-0.25, -0.2) is 0 Å². The topological polar surface area (TPSA) is 44.8 Å². The van der Waals surface area contributed by atoms with Gasteiger partial charge in [-0.05, 0) is 50.3 Å². The number of ether oxygens (including phenoxy) is 1. The molecule has 2 saturated heterocycles. The number of piperazine rings is 1. The fourth-order valence-electron chi connectivity index (χ4n) is 4.88. The van der Waals surface area contributed by atoms with Crippen LogP contribution in [0.2, 0.25) is 0 Å². The molecule has 8 heteroatoms. The Morgan fingerprint density at radius 2 is 1.73 bits per heavy atom. The summed E-state index contributed by atoms with van der Waals surface area (Å²) in [7, 11) is 0. The highest BCUT2D eigenvalue weighted by molar-refractivity contribution is 5.79. The quantitative estimate of drug-likeness (QED) is 0.804. The summed E-state index contributed by atoms with van der Waals surface area (Å²) < 4.78 is 44.3. The second-order valence-corrected chi connectivity index (χ2v) is 8.62. The van der Waals surface area contributed by atoms with Crippen LogP contribution < -0.4 is 10.2 Å². The summed E-state index contributed by atoms with van der Waals surface area (Å²) in [4.78, 5) is 16.8. The normalized spacial score (nSPS) is 26.2. The third-order valence-corrected chi connectivity index (χ3v) is 6.60. The predicted octanol–water partition coefficient (Wildman–Crippen LogP) is 3.29. The number of hydrogen-bond donors (Lipinski definition) is 1. The minimum atomic E-state index is -4.34. The average Bonchev–Trinajstić information content (AvgIpc) is 3.22. The van der Waals surface area contributed by atoms with E-state index in [0.29, 0.717) is 44.0 Å². The van der Waals surface area contributed by atoms with Crippen LogP contribution in [0.4, 0.5) is 18.9 Å². The summed E-state index contributed by atoms with van der Waals surface area (Å²) in [6.45, 7) is 3.85. The highest BCUT2D eigenvalue weighted by atomic mass is 19.4. The molecular formula is C22H30F3N3O2. The molecule has 4 rings (SSSR count). The molecule has 0 aromatic heterocycles. The number of benzene rings is 1. The fourth-order valence-corrected chi connectivity index (χ4v) is 4.88. The molecule has 1 aliphatic carbocycles. The van der Waals surface area contributed by atoms with Gasteiger partial charge in [0.15, 0.2) is 0 Å². The summed E-state index contributed by atoms with van der Waals surface area (Å²) in [6, 6.07) is 6.33. The van der Waals surface area contributed by atoms with Crippen molar-refractivity contribution in [3.05, 3.63) is 29.8 Å². The lowest BCUT2D eigenvalue weighted by Crippen LogP contribution is -2.50. The molecule has 0 radical (unpaired) electrons. The maximum absolute atomic E-state index is 13.0.